The van der Waals surface area contributed by atoms with E-state index in [9.17, 15) is 9.59 Å². The van der Waals surface area contributed by atoms with Gasteiger partial charge in [0.2, 0.25) is 5.91 Å². The van der Waals surface area contributed by atoms with E-state index < -0.39 is 0 Å². The van der Waals surface area contributed by atoms with E-state index in [0.29, 0.717) is 22.8 Å². The maximum atomic E-state index is 12.7. The summed E-state index contributed by atoms with van der Waals surface area (Å²) in [6.07, 6.45) is 0. The average molecular weight is 414 g/mol. The highest BCUT2D eigenvalue weighted by Gasteiger charge is 2.15. The molecule has 0 spiro atoms. The van der Waals surface area contributed by atoms with Gasteiger partial charge < -0.3 is 19.9 Å². The van der Waals surface area contributed by atoms with Crippen molar-refractivity contribution in [2.75, 3.05) is 12.4 Å². The molecule has 0 aliphatic rings. The molecule has 7 heteroatoms. The molecule has 156 valence electrons. The summed E-state index contributed by atoms with van der Waals surface area (Å²) < 4.78 is 7.02. The normalized spacial score (nSPS) is 10.6. The zero-order chi connectivity index (χ0) is 21.6. The van der Waals surface area contributed by atoms with Crippen molar-refractivity contribution in [2.24, 2.45) is 0 Å². The second kappa shape index (κ2) is 9.13. The molecule has 0 atom stereocenters. The van der Waals surface area contributed by atoms with E-state index in [1.807, 2.05) is 59.2 Å². The Morgan fingerprint density at radius 1 is 0.968 bits per heavy atom. The highest BCUT2D eigenvalue weighted by Crippen LogP contribution is 2.19. The predicted molar refractivity (Wildman–Crippen MR) is 119 cm³/mol. The van der Waals surface area contributed by atoms with Crippen LogP contribution in [0.3, 0.4) is 0 Å². The Morgan fingerprint density at radius 3 is 2.55 bits per heavy atom. The van der Waals surface area contributed by atoms with E-state index in [4.69, 9.17) is 4.74 Å². The van der Waals surface area contributed by atoms with Crippen LogP contribution in [-0.4, -0.2) is 28.5 Å². The number of ether oxygens (including phenoxy) is 1. The maximum absolute atomic E-state index is 12.7. The first-order valence-electron chi connectivity index (χ1n) is 9.85. The Balaban J connectivity index is 1.53. The number of benzene rings is 3. The summed E-state index contributed by atoms with van der Waals surface area (Å²) in [4.78, 5) is 29.8. The summed E-state index contributed by atoms with van der Waals surface area (Å²) in [5, 5.41) is 5.77. The van der Waals surface area contributed by atoms with Crippen LogP contribution in [-0.2, 0) is 17.9 Å². The predicted octanol–water partition coefficient (Wildman–Crippen LogP) is 3.61. The van der Waals surface area contributed by atoms with Gasteiger partial charge in [0.05, 0.1) is 24.7 Å². The van der Waals surface area contributed by atoms with E-state index in [1.54, 1.807) is 31.4 Å². The molecule has 1 aromatic heterocycles. The van der Waals surface area contributed by atoms with Crippen LogP contribution in [0, 0.1) is 0 Å². The minimum atomic E-state index is -0.202. The van der Waals surface area contributed by atoms with Crippen molar-refractivity contribution in [3.63, 3.8) is 0 Å². The molecule has 0 saturated carbocycles. The topological polar surface area (TPSA) is 85.2 Å². The van der Waals surface area contributed by atoms with E-state index >= 15 is 0 Å². The molecular weight excluding hydrogens is 392 g/mol. The molecule has 7 nitrogen and oxygen atoms in total. The molecule has 31 heavy (non-hydrogen) atoms. The van der Waals surface area contributed by atoms with Gasteiger partial charge in [0, 0.05) is 17.3 Å². The highest BCUT2D eigenvalue weighted by atomic mass is 16.5. The number of nitrogens with zero attached hydrogens (tertiary/aromatic N) is 2. The first kappa shape index (κ1) is 20.2. The van der Waals surface area contributed by atoms with Crippen molar-refractivity contribution < 1.29 is 14.3 Å². The lowest BCUT2D eigenvalue weighted by Crippen LogP contribution is -2.26. The molecule has 1 heterocycles. The van der Waals surface area contributed by atoms with Gasteiger partial charge in [0.1, 0.15) is 18.1 Å². The van der Waals surface area contributed by atoms with Crippen LogP contribution in [0.4, 0.5) is 5.69 Å². The Kier molecular flexibility index (Phi) is 5.93. The van der Waals surface area contributed by atoms with Crippen molar-refractivity contribution in [3.05, 3.63) is 90.3 Å². The van der Waals surface area contributed by atoms with Gasteiger partial charge in [-0.1, -0.05) is 36.4 Å². The van der Waals surface area contributed by atoms with Crippen LogP contribution in [0.25, 0.3) is 11.0 Å². The molecule has 0 fully saturated rings. The van der Waals surface area contributed by atoms with Crippen molar-refractivity contribution in [2.45, 2.75) is 13.1 Å². The lowest BCUT2D eigenvalue weighted by molar-refractivity contribution is -0.116. The SMILES string of the molecule is COc1cccc(NC(=O)Cn2c(CNC(=O)c3ccccc3)nc3ccccc32)c1. The lowest BCUT2D eigenvalue weighted by atomic mass is 10.2. The third-order valence-corrected chi connectivity index (χ3v) is 4.83. The number of imidazole rings is 1. The quantitative estimate of drug-likeness (QED) is 0.484. The largest absolute Gasteiger partial charge is 0.497 e. The molecule has 2 N–H and O–H groups in total. The number of rotatable bonds is 7. The van der Waals surface area contributed by atoms with Crippen LogP contribution in [0.1, 0.15) is 16.2 Å². The maximum Gasteiger partial charge on any atom is 0.251 e. The molecule has 0 aliphatic carbocycles. The summed E-state index contributed by atoms with van der Waals surface area (Å²) in [6.45, 7) is 0.267. The molecule has 2 amide bonds. The van der Waals surface area contributed by atoms with Crippen LogP contribution in [0.5, 0.6) is 5.75 Å². The van der Waals surface area contributed by atoms with Crippen molar-refractivity contribution in [1.82, 2.24) is 14.9 Å². The van der Waals surface area contributed by atoms with Crippen LogP contribution in [0.15, 0.2) is 78.9 Å². The number of anilines is 1. The number of aromatic nitrogens is 2. The Morgan fingerprint density at radius 2 is 1.74 bits per heavy atom. The van der Waals surface area contributed by atoms with Gasteiger partial charge in [-0.25, -0.2) is 4.98 Å². The van der Waals surface area contributed by atoms with Gasteiger partial charge in [-0.15, -0.1) is 0 Å². The Bertz CT molecular complexity index is 1220. The number of hydrogen-bond donors (Lipinski definition) is 2. The van der Waals surface area contributed by atoms with Crippen molar-refractivity contribution in [3.8, 4) is 5.75 Å². The first-order chi connectivity index (χ1) is 15.1. The summed E-state index contributed by atoms with van der Waals surface area (Å²) in [6, 6.07) is 23.7. The molecule has 0 unspecified atom stereocenters. The molecular formula is C24H22N4O3. The highest BCUT2D eigenvalue weighted by molar-refractivity contribution is 5.94. The number of carbonyl (C=O) groups is 2. The fourth-order valence-electron chi connectivity index (χ4n) is 3.33. The van der Waals surface area contributed by atoms with Gasteiger partial charge in [0.25, 0.3) is 5.91 Å². The molecule has 4 aromatic rings. The van der Waals surface area contributed by atoms with Crippen molar-refractivity contribution >= 4 is 28.5 Å². The molecule has 0 bridgehead atoms. The second-order valence-electron chi connectivity index (χ2n) is 6.93. The zero-order valence-corrected chi connectivity index (χ0v) is 17.0. The van der Waals surface area contributed by atoms with E-state index in [-0.39, 0.29) is 24.9 Å². The summed E-state index contributed by atoms with van der Waals surface area (Å²) in [5.74, 6) is 0.869. The van der Waals surface area contributed by atoms with Gasteiger partial charge >= 0.3 is 0 Å². The minimum absolute atomic E-state index is 0.0638. The molecule has 0 saturated heterocycles. The number of methoxy groups -OCH3 is 1. The van der Waals surface area contributed by atoms with Gasteiger partial charge in [-0.2, -0.15) is 0 Å². The number of hydrogen-bond acceptors (Lipinski definition) is 4. The van der Waals surface area contributed by atoms with Crippen LogP contribution >= 0.6 is 0 Å². The van der Waals surface area contributed by atoms with Crippen LogP contribution in [0.2, 0.25) is 0 Å². The summed E-state index contributed by atoms with van der Waals surface area (Å²) in [7, 11) is 1.58. The Labute approximate surface area is 179 Å². The number of para-hydroxylation sites is 2. The molecule has 4 rings (SSSR count). The second-order valence-corrected chi connectivity index (χ2v) is 6.93. The monoisotopic (exact) mass is 414 g/mol. The number of amides is 2. The van der Waals surface area contributed by atoms with E-state index in [2.05, 4.69) is 15.6 Å². The lowest BCUT2D eigenvalue weighted by Gasteiger charge is -2.11. The molecule has 0 radical (unpaired) electrons. The third kappa shape index (κ3) is 4.72. The standard InChI is InChI=1S/C24H22N4O3/c1-31-19-11-7-10-18(14-19)26-23(29)16-28-21-13-6-5-12-20(21)27-22(28)15-25-24(30)17-8-3-2-4-9-17/h2-14H,15-16H2,1H3,(H,25,30)(H,26,29). The zero-order valence-electron chi connectivity index (χ0n) is 17.0. The third-order valence-electron chi connectivity index (χ3n) is 4.83. The Hall–Kier alpha value is -4.13. The smallest absolute Gasteiger partial charge is 0.251 e. The van der Waals surface area contributed by atoms with Gasteiger partial charge in [-0.3, -0.25) is 9.59 Å². The molecule has 3 aromatic carbocycles. The summed E-state index contributed by atoms with van der Waals surface area (Å²) >= 11 is 0. The van der Waals surface area contributed by atoms with E-state index in [1.165, 1.54) is 0 Å². The first-order valence-corrected chi connectivity index (χ1v) is 9.85. The van der Waals surface area contributed by atoms with Gasteiger partial charge in [-0.05, 0) is 36.4 Å². The fourth-order valence-corrected chi connectivity index (χ4v) is 3.33. The fraction of sp³-hybridized carbons (Fsp3) is 0.125. The summed E-state index contributed by atoms with van der Waals surface area (Å²) in [5.41, 5.74) is 2.81. The van der Waals surface area contributed by atoms with Crippen LogP contribution < -0.4 is 15.4 Å². The van der Waals surface area contributed by atoms with Crippen molar-refractivity contribution in [1.29, 1.82) is 0 Å². The number of carbonyl (C=O) groups excluding carboxylic acids is 2. The minimum Gasteiger partial charge on any atom is -0.497 e. The average Bonchev–Trinajstić information content (AvgIpc) is 3.15. The molecule has 0 aliphatic heterocycles. The van der Waals surface area contributed by atoms with Gasteiger partial charge in [0.15, 0.2) is 0 Å². The van der Waals surface area contributed by atoms with E-state index in [0.717, 1.165) is 11.0 Å². The number of nitrogens with one attached hydrogen (secondary N) is 2. The number of fused-ring (bicyclic) bond motifs is 1.